The zero-order chi connectivity index (χ0) is 35.3. The van der Waals surface area contributed by atoms with Crippen molar-refractivity contribution in [3.05, 3.63) is 203 Å². The van der Waals surface area contributed by atoms with Crippen LogP contribution in [-0.4, -0.2) is 9.97 Å². The van der Waals surface area contributed by atoms with E-state index in [1.54, 1.807) is 0 Å². The van der Waals surface area contributed by atoms with Crippen LogP contribution < -0.4 is 0 Å². The minimum Gasteiger partial charge on any atom is -0.228 e. The molecule has 2 aliphatic carbocycles. The van der Waals surface area contributed by atoms with Crippen LogP contribution in [0.15, 0.2) is 170 Å². The zero-order valence-corrected chi connectivity index (χ0v) is 30.3. The Hall–Kier alpha value is -6.16. The van der Waals surface area contributed by atoms with Gasteiger partial charge in [-0.2, -0.15) is 0 Å². The van der Waals surface area contributed by atoms with Crippen LogP contribution in [0.4, 0.5) is 0 Å². The molecule has 0 radical (unpaired) electrons. The Kier molecular flexibility index (Phi) is 6.42. The largest absolute Gasteiger partial charge is 0.228 e. The molecule has 0 N–H and O–H groups in total. The van der Waals surface area contributed by atoms with E-state index < -0.39 is 5.41 Å². The quantitative estimate of drug-likeness (QED) is 0.184. The molecule has 0 unspecified atom stereocenters. The first-order chi connectivity index (χ1) is 26.0. The summed E-state index contributed by atoms with van der Waals surface area (Å²) in [7, 11) is 0. The fourth-order valence-electron chi connectivity index (χ4n) is 9.34. The third-order valence-corrected chi connectivity index (χ3v) is 12.9. The van der Waals surface area contributed by atoms with Crippen molar-refractivity contribution < 1.29 is 0 Å². The molecular formula is C50H34N2S. The number of hydrogen-bond acceptors (Lipinski definition) is 3. The Labute approximate surface area is 313 Å². The first kappa shape index (κ1) is 30.5. The molecule has 0 saturated carbocycles. The van der Waals surface area contributed by atoms with Crippen molar-refractivity contribution >= 4 is 31.5 Å². The molecule has 11 rings (SSSR count). The van der Waals surface area contributed by atoms with Crippen LogP contribution in [0.1, 0.15) is 47.2 Å². The molecular weight excluding hydrogens is 661 g/mol. The highest BCUT2D eigenvalue weighted by atomic mass is 32.1. The SMILES string of the molecule is CC1(C)c2ccccc2C2(c3ccccc3-c3ccccc32)c2cc3c(cc21)sc1ccc(-c2cc(-c4ccccc4)nc(-c4ccccc4)n2)cc13. The van der Waals surface area contributed by atoms with Crippen molar-refractivity contribution in [2.24, 2.45) is 0 Å². The van der Waals surface area contributed by atoms with Crippen molar-refractivity contribution in [2.45, 2.75) is 24.7 Å². The fourth-order valence-corrected chi connectivity index (χ4v) is 10.4. The van der Waals surface area contributed by atoms with Gasteiger partial charge in [0.25, 0.3) is 0 Å². The van der Waals surface area contributed by atoms with Crippen molar-refractivity contribution in [3.8, 4) is 45.0 Å². The third kappa shape index (κ3) is 4.26. The second-order valence-corrected chi connectivity index (χ2v) is 16.0. The second-order valence-electron chi connectivity index (χ2n) is 14.9. The van der Waals surface area contributed by atoms with Gasteiger partial charge in [0.05, 0.1) is 16.8 Å². The van der Waals surface area contributed by atoms with E-state index in [0.717, 1.165) is 33.9 Å². The van der Waals surface area contributed by atoms with Gasteiger partial charge in [0, 0.05) is 42.3 Å². The molecule has 0 aliphatic heterocycles. The Balaban J connectivity index is 1.18. The molecule has 3 heteroatoms. The molecule has 0 bridgehead atoms. The maximum absolute atomic E-state index is 5.19. The summed E-state index contributed by atoms with van der Waals surface area (Å²) in [6.07, 6.45) is 0. The molecule has 0 amide bonds. The summed E-state index contributed by atoms with van der Waals surface area (Å²) in [5.41, 5.74) is 15.4. The van der Waals surface area contributed by atoms with Gasteiger partial charge >= 0.3 is 0 Å². The highest BCUT2D eigenvalue weighted by molar-refractivity contribution is 7.25. The molecule has 0 fully saturated rings. The van der Waals surface area contributed by atoms with Crippen LogP contribution >= 0.6 is 11.3 Å². The van der Waals surface area contributed by atoms with Gasteiger partial charge in [-0.3, -0.25) is 0 Å². The predicted molar refractivity (Wildman–Crippen MR) is 221 cm³/mol. The maximum Gasteiger partial charge on any atom is 0.160 e. The molecule has 0 saturated heterocycles. The van der Waals surface area contributed by atoms with Gasteiger partial charge in [-0.15, -0.1) is 11.3 Å². The number of benzene rings is 7. The van der Waals surface area contributed by atoms with Crippen molar-refractivity contribution in [1.82, 2.24) is 9.97 Å². The lowest BCUT2D eigenvalue weighted by Gasteiger charge is -2.46. The van der Waals surface area contributed by atoms with Crippen molar-refractivity contribution in [3.63, 3.8) is 0 Å². The summed E-state index contributed by atoms with van der Waals surface area (Å²) in [5.74, 6) is 0.729. The number of hydrogen-bond donors (Lipinski definition) is 0. The van der Waals surface area contributed by atoms with Crippen LogP contribution in [0.5, 0.6) is 0 Å². The molecule has 0 atom stereocenters. The highest BCUT2D eigenvalue weighted by Crippen LogP contribution is 2.62. The Morgan fingerprint density at radius 2 is 0.943 bits per heavy atom. The lowest BCUT2D eigenvalue weighted by molar-refractivity contribution is 0.564. The summed E-state index contributed by atoms with van der Waals surface area (Å²) >= 11 is 1.89. The molecule has 1 spiro atoms. The number of fused-ring (bicyclic) bond motifs is 12. The third-order valence-electron chi connectivity index (χ3n) is 11.8. The minimum absolute atomic E-state index is 0.179. The predicted octanol–water partition coefficient (Wildman–Crippen LogP) is 12.8. The number of rotatable bonds is 3. The minimum atomic E-state index is -0.420. The molecule has 250 valence electrons. The van der Waals surface area contributed by atoms with Crippen molar-refractivity contribution in [1.29, 1.82) is 0 Å². The first-order valence-electron chi connectivity index (χ1n) is 18.3. The van der Waals surface area contributed by atoms with Crippen LogP contribution in [0, 0.1) is 0 Å². The molecule has 2 heterocycles. The van der Waals surface area contributed by atoms with E-state index in [1.807, 2.05) is 35.6 Å². The summed E-state index contributed by atoms with van der Waals surface area (Å²) in [5, 5.41) is 2.56. The molecule has 9 aromatic rings. The average molecular weight is 695 g/mol. The van der Waals surface area contributed by atoms with Gasteiger partial charge in [-0.05, 0) is 74.8 Å². The van der Waals surface area contributed by atoms with E-state index in [2.05, 4.69) is 159 Å². The Bertz CT molecular complexity index is 2820. The summed E-state index contributed by atoms with van der Waals surface area (Å²) < 4.78 is 2.60. The van der Waals surface area contributed by atoms with E-state index in [1.165, 1.54) is 64.7 Å². The maximum atomic E-state index is 5.19. The summed E-state index contributed by atoms with van der Waals surface area (Å²) in [4.78, 5) is 10.2. The van der Waals surface area contributed by atoms with E-state index in [9.17, 15) is 0 Å². The first-order valence-corrected chi connectivity index (χ1v) is 19.1. The number of nitrogens with zero attached hydrogens (tertiary/aromatic N) is 2. The van der Waals surface area contributed by atoms with Gasteiger partial charge in [0.15, 0.2) is 5.82 Å². The monoisotopic (exact) mass is 694 g/mol. The lowest BCUT2D eigenvalue weighted by atomic mass is 9.55. The Morgan fingerprint density at radius 3 is 1.62 bits per heavy atom. The average Bonchev–Trinajstić information content (AvgIpc) is 3.73. The van der Waals surface area contributed by atoms with Gasteiger partial charge in [0.2, 0.25) is 0 Å². The normalized spacial score (nSPS) is 14.5. The fraction of sp³-hybridized carbons (Fsp3) is 0.0800. The molecule has 7 aromatic carbocycles. The standard InChI is InChI=1S/C50H34N2S/c1-49(2)40-23-13-14-24-41(40)50(38-21-11-9-19-34(38)35-20-10-12-22-39(35)50)43-28-37-36-27-33(25-26-46(36)53-47(37)29-42(43)49)45-30-44(31-15-5-3-6-16-31)51-48(52-45)32-17-7-4-8-18-32/h3-30H,1-2H3. The van der Waals surface area contributed by atoms with Crippen LogP contribution in [0.25, 0.3) is 65.2 Å². The van der Waals surface area contributed by atoms with E-state index in [0.29, 0.717) is 0 Å². The molecule has 2 aromatic heterocycles. The summed E-state index contributed by atoms with van der Waals surface area (Å²) in [6.45, 7) is 4.82. The molecule has 2 aliphatic rings. The highest BCUT2D eigenvalue weighted by Gasteiger charge is 2.53. The van der Waals surface area contributed by atoms with Gasteiger partial charge in [-0.1, -0.05) is 153 Å². The van der Waals surface area contributed by atoms with Crippen molar-refractivity contribution in [2.75, 3.05) is 0 Å². The number of thiophene rings is 1. The van der Waals surface area contributed by atoms with Crippen LogP contribution in [-0.2, 0) is 10.8 Å². The molecule has 53 heavy (non-hydrogen) atoms. The van der Waals surface area contributed by atoms with E-state index in [4.69, 9.17) is 9.97 Å². The zero-order valence-electron chi connectivity index (χ0n) is 29.5. The van der Waals surface area contributed by atoms with Crippen LogP contribution in [0.2, 0.25) is 0 Å². The Morgan fingerprint density at radius 1 is 0.396 bits per heavy atom. The van der Waals surface area contributed by atoms with Crippen LogP contribution in [0.3, 0.4) is 0 Å². The van der Waals surface area contributed by atoms with E-state index >= 15 is 0 Å². The van der Waals surface area contributed by atoms with E-state index in [-0.39, 0.29) is 5.41 Å². The second kappa shape index (κ2) is 11.2. The van der Waals surface area contributed by atoms with Gasteiger partial charge in [-0.25, -0.2) is 9.97 Å². The number of aromatic nitrogens is 2. The van der Waals surface area contributed by atoms with Gasteiger partial charge < -0.3 is 0 Å². The van der Waals surface area contributed by atoms with Gasteiger partial charge in [0.1, 0.15) is 0 Å². The smallest absolute Gasteiger partial charge is 0.160 e. The lowest BCUT2D eigenvalue weighted by Crippen LogP contribution is -2.40. The summed E-state index contributed by atoms with van der Waals surface area (Å²) in [6, 6.07) is 62.1. The topological polar surface area (TPSA) is 25.8 Å². The molecule has 2 nitrogen and oxygen atoms in total.